The average molecular weight is 231 g/mol. The first-order chi connectivity index (χ1) is 8.26. The lowest BCUT2D eigenvalue weighted by molar-refractivity contribution is -0.114. The lowest BCUT2D eigenvalue weighted by Crippen LogP contribution is -2.21. The molecule has 88 valence electrons. The van der Waals surface area contributed by atoms with Crippen LogP contribution in [0.15, 0.2) is 22.6 Å². The number of rotatable bonds is 3. The highest BCUT2D eigenvalue weighted by Gasteiger charge is 2.28. The fraction of sp³-hybridized carbons (Fsp3) is 0.333. The molecule has 0 radical (unpaired) electrons. The van der Waals surface area contributed by atoms with Gasteiger partial charge in [-0.25, -0.2) is 4.98 Å². The summed E-state index contributed by atoms with van der Waals surface area (Å²) in [5.74, 6) is 1.08. The Morgan fingerprint density at radius 2 is 2.35 bits per heavy atom. The Hall–Kier alpha value is -1.88. The Morgan fingerprint density at radius 3 is 3.06 bits per heavy atom. The van der Waals surface area contributed by atoms with Crippen molar-refractivity contribution in [1.82, 2.24) is 4.98 Å². The van der Waals surface area contributed by atoms with Crippen molar-refractivity contribution in [2.45, 2.75) is 18.8 Å². The topological polar surface area (TPSA) is 81.2 Å². The third-order valence-corrected chi connectivity index (χ3v) is 2.80. The zero-order chi connectivity index (χ0) is 11.8. The largest absolute Gasteiger partial charge is 0.440 e. The van der Waals surface area contributed by atoms with Gasteiger partial charge in [0.1, 0.15) is 5.52 Å². The number of amides is 1. The number of nitrogens with zero attached hydrogens (tertiary/aromatic N) is 1. The van der Waals surface area contributed by atoms with E-state index in [0.29, 0.717) is 17.2 Å². The van der Waals surface area contributed by atoms with Gasteiger partial charge in [-0.15, -0.1) is 0 Å². The van der Waals surface area contributed by atoms with Crippen molar-refractivity contribution in [3.8, 4) is 0 Å². The van der Waals surface area contributed by atoms with Gasteiger partial charge in [0.15, 0.2) is 11.5 Å². The standard InChI is InChI=1S/C12H13N3O2/c13-6-11(16)14-8-3-4-9-10(5-8)17-12(15-9)7-1-2-7/h3-5,7H,1-2,6,13H2,(H,14,16). The molecule has 1 amide bonds. The second-order valence-corrected chi connectivity index (χ2v) is 4.26. The van der Waals surface area contributed by atoms with Gasteiger partial charge >= 0.3 is 0 Å². The van der Waals surface area contributed by atoms with Crippen LogP contribution >= 0.6 is 0 Å². The van der Waals surface area contributed by atoms with Crippen molar-refractivity contribution < 1.29 is 9.21 Å². The number of hydrogen-bond acceptors (Lipinski definition) is 4. The Morgan fingerprint density at radius 1 is 1.53 bits per heavy atom. The molecule has 0 unspecified atom stereocenters. The number of nitrogens with two attached hydrogens (primary N) is 1. The van der Waals surface area contributed by atoms with Crippen molar-refractivity contribution >= 4 is 22.7 Å². The summed E-state index contributed by atoms with van der Waals surface area (Å²) in [7, 11) is 0. The summed E-state index contributed by atoms with van der Waals surface area (Å²) in [6, 6.07) is 5.42. The van der Waals surface area contributed by atoms with Crippen LogP contribution in [0.2, 0.25) is 0 Å². The van der Waals surface area contributed by atoms with Crippen LogP contribution in [0.3, 0.4) is 0 Å². The second kappa shape index (κ2) is 3.85. The number of aromatic nitrogens is 1. The monoisotopic (exact) mass is 231 g/mol. The number of anilines is 1. The summed E-state index contributed by atoms with van der Waals surface area (Å²) in [5.41, 5.74) is 7.46. The van der Waals surface area contributed by atoms with Crippen LogP contribution in [0.4, 0.5) is 5.69 Å². The van der Waals surface area contributed by atoms with Gasteiger partial charge in [-0.05, 0) is 25.0 Å². The first-order valence-electron chi connectivity index (χ1n) is 5.66. The molecule has 1 fully saturated rings. The summed E-state index contributed by atoms with van der Waals surface area (Å²) in [5, 5.41) is 2.69. The fourth-order valence-corrected chi connectivity index (χ4v) is 1.74. The van der Waals surface area contributed by atoms with Crippen molar-refractivity contribution in [3.05, 3.63) is 24.1 Å². The molecule has 2 aromatic rings. The van der Waals surface area contributed by atoms with Crippen molar-refractivity contribution in [1.29, 1.82) is 0 Å². The molecule has 0 bridgehead atoms. The molecule has 1 aliphatic rings. The summed E-state index contributed by atoms with van der Waals surface area (Å²) >= 11 is 0. The normalized spacial score (nSPS) is 15.1. The van der Waals surface area contributed by atoms with Crippen LogP contribution in [0.25, 0.3) is 11.1 Å². The second-order valence-electron chi connectivity index (χ2n) is 4.26. The predicted molar refractivity (Wildman–Crippen MR) is 63.7 cm³/mol. The maximum absolute atomic E-state index is 11.2. The zero-order valence-corrected chi connectivity index (χ0v) is 9.27. The van der Waals surface area contributed by atoms with Gasteiger partial charge in [-0.1, -0.05) is 0 Å². The van der Waals surface area contributed by atoms with E-state index in [0.717, 1.165) is 24.2 Å². The lowest BCUT2D eigenvalue weighted by Gasteiger charge is -2.01. The first-order valence-corrected chi connectivity index (χ1v) is 5.66. The van der Waals surface area contributed by atoms with Crippen LogP contribution in [0.5, 0.6) is 0 Å². The number of fused-ring (bicyclic) bond motifs is 1. The Bertz CT molecular complexity index is 572. The average Bonchev–Trinajstić information content (AvgIpc) is 3.09. The van der Waals surface area contributed by atoms with Gasteiger partial charge in [-0.3, -0.25) is 4.79 Å². The summed E-state index contributed by atoms with van der Waals surface area (Å²) in [6.45, 7) is -0.0260. The number of carbonyl (C=O) groups excluding carboxylic acids is 1. The number of oxazole rings is 1. The van der Waals surface area contributed by atoms with E-state index in [1.807, 2.05) is 6.07 Å². The van der Waals surface area contributed by atoms with E-state index in [1.54, 1.807) is 12.1 Å². The maximum atomic E-state index is 11.2. The van der Waals surface area contributed by atoms with E-state index in [9.17, 15) is 4.79 Å². The van der Waals surface area contributed by atoms with Gasteiger partial charge < -0.3 is 15.5 Å². The minimum Gasteiger partial charge on any atom is -0.440 e. The van der Waals surface area contributed by atoms with Gasteiger partial charge in [0.05, 0.1) is 6.54 Å². The van der Waals surface area contributed by atoms with Crippen LogP contribution in [0, 0.1) is 0 Å². The highest BCUT2D eigenvalue weighted by Crippen LogP contribution is 2.40. The first kappa shape index (κ1) is 10.3. The molecule has 5 heteroatoms. The smallest absolute Gasteiger partial charge is 0.238 e. The fourth-order valence-electron chi connectivity index (χ4n) is 1.74. The van der Waals surface area contributed by atoms with E-state index in [2.05, 4.69) is 10.3 Å². The number of hydrogen-bond donors (Lipinski definition) is 2. The van der Waals surface area contributed by atoms with Crippen LogP contribution < -0.4 is 11.1 Å². The van der Waals surface area contributed by atoms with E-state index in [4.69, 9.17) is 10.2 Å². The van der Waals surface area contributed by atoms with E-state index in [1.165, 1.54) is 0 Å². The third-order valence-electron chi connectivity index (χ3n) is 2.80. The van der Waals surface area contributed by atoms with Crippen molar-refractivity contribution in [3.63, 3.8) is 0 Å². The lowest BCUT2D eigenvalue weighted by atomic mass is 10.3. The summed E-state index contributed by atoms with van der Waals surface area (Å²) in [6.07, 6.45) is 2.31. The zero-order valence-electron chi connectivity index (χ0n) is 9.27. The molecule has 5 nitrogen and oxygen atoms in total. The maximum Gasteiger partial charge on any atom is 0.238 e. The molecule has 17 heavy (non-hydrogen) atoms. The van der Waals surface area contributed by atoms with E-state index >= 15 is 0 Å². The van der Waals surface area contributed by atoms with Gasteiger partial charge in [-0.2, -0.15) is 0 Å². The molecule has 0 saturated heterocycles. The number of nitrogens with one attached hydrogen (secondary N) is 1. The van der Waals surface area contributed by atoms with E-state index < -0.39 is 0 Å². The van der Waals surface area contributed by atoms with Gasteiger partial charge in [0, 0.05) is 17.7 Å². The molecule has 3 N–H and O–H groups in total. The molecule has 1 heterocycles. The number of carbonyl (C=O) groups is 1. The molecule has 1 aliphatic carbocycles. The molecular formula is C12H13N3O2. The molecule has 0 spiro atoms. The SMILES string of the molecule is NCC(=O)Nc1ccc2nc(C3CC3)oc2c1. The molecule has 0 aliphatic heterocycles. The minimum absolute atomic E-state index is 0.0260. The highest BCUT2D eigenvalue weighted by molar-refractivity contribution is 5.93. The number of benzene rings is 1. The van der Waals surface area contributed by atoms with Crippen LogP contribution in [-0.4, -0.2) is 17.4 Å². The molecule has 1 aromatic heterocycles. The van der Waals surface area contributed by atoms with Crippen molar-refractivity contribution in [2.24, 2.45) is 5.73 Å². The van der Waals surface area contributed by atoms with Gasteiger partial charge in [0.2, 0.25) is 5.91 Å². The highest BCUT2D eigenvalue weighted by atomic mass is 16.3. The molecule has 0 atom stereocenters. The Balaban J connectivity index is 1.91. The van der Waals surface area contributed by atoms with Gasteiger partial charge in [0.25, 0.3) is 0 Å². The van der Waals surface area contributed by atoms with Crippen molar-refractivity contribution in [2.75, 3.05) is 11.9 Å². The van der Waals surface area contributed by atoms with Crippen LogP contribution in [-0.2, 0) is 4.79 Å². The van der Waals surface area contributed by atoms with E-state index in [-0.39, 0.29) is 12.5 Å². The molecular weight excluding hydrogens is 218 g/mol. The van der Waals surface area contributed by atoms with Crippen LogP contribution in [0.1, 0.15) is 24.7 Å². The minimum atomic E-state index is -0.216. The quantitative estimate of drug-likeness (QED) is 0.840. The Labute approximate surface area is 98.0 Å². The summed E-state index contributed by atoms with van der Waals surface area (Å²) in [4.78, 5) is 15.6. The molecule has 1 aromatic carbocycles. The molecule has 3 rings (SSSR count). The third kappa shape index (κ3) is 2.01. The summed E-state index contributed by atoms with van der Waals surface area (Å²) < 4.78 is 5.65. The molecule has 1 saturated carbocycles. The Kier molecular flexibility index (Phi) is 2.33. The predicted octanol–water partition coefficient (Wildman–Crippen LogP) is 1.60.